The zero-order valence-electron chi connectivity index (χ0n) is 7.17. The fraction of sp³-hybridized carbons (Fsp3) is 0.556. The van der Waals surface area contributed by atoms with Crippen LogP contribution in [-0.4, -0.2) is 20.3 Å². The molecule has 0 radical (unpaired) electrons. The van der Waals surface area contributed by atoms with Crippen molar-refractivity contribution in [3.8, 4) is 0 Å². The molecule has 1 N–H and O–H groups in total. The van der Waals surface area contributed by atoms with Gasteiger partial charge in [-0.05, 0) is 30.0 Å². The molecule has 0 aliphatic carbocycles. The SMILES string of the molecule is COCC1NCCc2ccsc21. The lowest BCUT2D eigenvalue weighted by Gasteiger charge is -2.22. The van der Waals surface area contributed by atoms with E-state index >= 15 is 0 Å². The second kappa shape index (κ2) is 3.56. The van der Waals surface area contributed by atoms with Crippen molar-refractivity contribution >= 4 is 11.3 Å². The summed E-state index contributed by atoms with van der Waals surface area (Å²) in [6.07, 6.45) is 1.17. The first kappa shape index (κ1) is 8.23. The van der Waals surface area contributed by atoms with Crippen molar-refractivity contribution < 1.29 is 4.74 Å². The Balaban J connectivity index is 2.19. The summed E-state index contributed by atoms with van der Waals surface area (Å²) in [5, 5.41) is 5.61. The lowest BCUT2D eigenvalue weighted by Crippen LogP contribution is -2.31. The molecule has 0 saturated heterocycles. The van der Waals surface area contributed by atoms with Crippen molar-refractivity contribution in [3.05, 3.63) is 21.9 Å². The Morgan fingerprint density at radius 3 is 3.50 bits per heavy atom. The van der Waals surface area contributed by atoms with Crippen molar-refractivity contribution in [2.45, 2.75) is 12.5 Å². The number of thiophene rings is 1. The first-order chi connectivity index (χ1) is 5.92. The molecule has 1 atom stereocenters. The molecule has 1 aromatic rings. The van der Waals surface area contributed by atoms with Gasteiger partial charge in [-0.2, -0.15) is 0 Å². The fourth-order valence-electron chi connectivity index (χ4n) is 1.63. The fourth-order valence-corrected chi connectivity index (χ4v) is 2.65. The van der Waals surface area contributed by atoms with Gasteiger partial charge in [0.25, 0.3) is 0 Å². The number of methoxy groups -OCH3 is 1. The number of ether oxygens (including phenoxy) is 1. The second-order valence-electron chi connectivity index (χ2n) is 3.02. The van der Waals surface area contributed by atoms with Crippen molar-refractivity contribution in [1.82, 2.24) is 5.32 Å². The number of hydrogen-bond donors (Lipinski definition) is 1. The van der Waals surface area contributed by atoms with Gasteiger partial charge in [-0.15, -0.1) is 11.3 Å². The van der Waals surface area contributed by atoms with Crippen LogP contribution in [0.1, 0.15) is 16.5 Å². The quantitative estimate of drug-likeness (QED) is 0.751. The van der Waals surface area contributed by atoms with Gasteiger partial charge in [-0.25, -0.2) is 0 Å². The third kappa shape index (κ3) is 1.40. The Kier molecular flexibility index (Phi) is 2.44. The molecule has 0 aromatic carbocycles. The lowest BCUT2D eigenvalue weighted by atomic mass is 10.1. The highest BCUT2D eigenvalue weighted by Crippen LogP contribution is 2.27. The Hall–Kier alpha value is -0.380. The summed E-state index contributed by atoms with van der Waals surface area (Å²) in [7, 11) is 1.75. The molecular weight excluding hydrogens is 170 g/mol. The van der Waals surface area contributed by atoms with Gasteiger partial charge in [0, 0.05) is 12.0 Å². The molecule has 0 fully saturated rings. The summed E-state index contributed by atoms with van der Waals surface area (Å²) in [4.78, 5) is 1.46. The summed E-state index contributed by atoms with van der Waals surface area (Å²) in [5.74, 6) is 0. The predicted octanol–water partition coefficient (Wildman–Crippen LogP) is 1.58. The highest BCUT2D eigenvalue weighted by Gasteiger charge is 2.19. The van der Waals surface area contributed by atoms with Gasteiger partial charge in [0.05, 0.1) is 12.6 Å². The number of fused-ring (bicyclic) bond motifs is 1. The van der Waals surface area contributed by atoms with Crippen molar-refractivity contribution in [2.75, 3.05) is 20.3 Å². The maximum Gasteiger partial charge on any atom is 0.0665 e. The van der Waals surface area contributed by atoms with E-state index in [9.17, 15) is 0 Å². The van der Waals surface area contributed by atoms with Crippen LogP contribution in [0.4, 0.5) is 0 Å². The van der Waals surface area contributed by atoms with E-state index in [0.717, 1.165) is 13.2 Å². The Labute approximate surface area is 76.6 Å². The van der Waals surface area contributed by atoms with E-state index in [4.69, 9.17) is 4.74 Å². The Morgan fingerprint density at radius 2 is 2.67 bits per heavy atom. The van der Waals surface area contributed by atoms with E-state index in [-0.39, 0.29) is 0 Å². The van der Waals surface area contributed by atoms with Gasteiger partial charge < -0.3 is 10.1 Å². The molecule has 2 nitrogen and oxygen atoms in total. The third-order valence-electron chi connectivity index (χ3n) is 2.22. The summed E-state index contributed by atoms with van der Waals surface area (Å²) in [6, 6.07) is 2.66. The van der Waals surface area contributed by atoms with Crippen LogP contribution in [0.25, 0.3) is 0 Å². The van der Waals surface area contributed by atoms with Crippen LogP contribution < -0.4 is 5.32 Å². The molecule has 0 spiro atoms. The molecule has 66 valence electrons. The molecule has 0 amide bonds. The minimum atomic E-state index is 0.429. The average molecular weight is 183 g/mol. The average Bonchev–Trinajstić information content (AvgIpc) is 2.53. The summed E-state index contributed by atoms with van der Waals surface area (Å²) < 4.78 is 5.15. The van der Waals surface area contributed by atoms with Gasteiger partial charge in [0.1, 0.15) is 0 Å². The van der Waals surface area contributed by atoms with Gasteiger partial charge in [-0.3, -0.25) is 0 Å². The summed E-state index contributed by atoms with van der Waals surface area (Å²) >= 11 is 1.83. The van der Waals surface area contributed by atoms with Crippen LogP contribution in [0.5, 0.6) is 0 Å². The number of hydrogen-bond acceptors (Lipinski definition) is 3. The monoisotopic (exact) mass is 183 g/mol. The molecule has 1 aliphatic rings. The second-order valence-corrected chi connectivity index (χ2v) is 3.97. The van der Waals surface area contributed by atoms with E-state index in [0.29, 0.717) is 6.04 Å². The molecule has 0 bridgehead atoms. The van der Waals surface area contributed by atoms with Crippen LogP contribution >= 0.6 is 11.3 Å². The zero-order valence-corrected chi connectivity index (χ0v) is 7.99. The zero-order chi connectivity index (χ0) is 8.39. The van der Waals surface area contributed by atoms with Crippen LogP contribution in [0.3, 0.4) is 0 Å². The van der Waals surface area contributed by atoms with Crippen LogP contribution in [0.15, 0.2) is 11.4 Å². The van der Waals surface area contributed by atoms with Crippen LogP contribution in [0, 0.1) is 0 Å². The van der Waals surface area contributed by atoms with E-state index in [1.165, 1.54) is 16.9 Å². The first-order valence-corrected chi connectivity index (χ1v) is 5.08. The van der Waals surface area contributed by atoms with E-state index in [1.807, 2.05) is 11.3 Å². The smallest absolute Gasteiger partial charge is 0.0665 e. The third-order valence-corrected chi connectivity index (χ3v) is 3.29. The van der Waals surface area contributed by atoms with Gasteiger partial charge in [-0.1, -0.05) is 0 Å². The van der Waals surface area contributed by atoms with Gasteiger partial charge in [0.2, 0.25) is 0 Å². The maximum atomic E-state index is 5.15. The van der Waals surface area contributed by atoms with Crippen LogP contribution in [0.2, 0.25) is 0 Å². The van der Waals surface area contributed by atoms with Gasteiger partial charge in [0.15, 0.2) is 0 Å². The van der Waals surface area contributed by atoms with Crippen molar-refractivity contribution in [2.24, 2.45) is 0 Å². The molecule has 0 saturated carbocycles. The molecule has 12 heavy (non-hydrogen) atoms. The molecule has 1 unspecified atom stereocenters. The molecule has 3 heteroatoms. The topological polar surface area (TPSA) is 21.3 Å². The van der Waals surface area contributed by atoms with Crippen molar-refractivity contribution in [3.63, 3.8) is 0 Å². The summed E-state index contributed by atoms with van der Waals surface area (Å²) in [5.41, 5.74) is 1.50. The van der Waals surface area contributed by atoms with E-state index in [2.05, 4.69) is 16.8 Å². The Morgan fingerprint density at radius 1 is 1.75 bits per heavy atom. The van der Waals surface area contributed by atoms with E-state index < -0.39 is 0 Å². The van der Waals surface area contributed by atoms with Crippen molar-refractivity contribution in [1.29, 1.82) is 0 Å². The van der Waals surface area contributed by atoms with Gasteiger partial charge >= 0.3 is 0 Å². The number of rotatable bonds is 2. The largest absolute Gasteiger partial charge is 0.383 e. The first-order valence-electron chi connectivity index (χ1n) is 4.20. The highest BCUT2D eigenvalue weighted by atomic mass is 32.1. The molecule has 1 aromatic heterocycles. The molecule has 2 heterocycles. The standard InChI is InChI=1S/C9H13NOS/c1-11-6-8-9-7(2-4-10-8)3-5-12-9/h3,5,8,10H,2,4,6H2,1H3. The summed E-state index contributed by atoms with van der Waals surface area (Å²) in [6.45, 7) is 1.87. The maximum absolute atomic E-state index is 5.15. The normalized spacial score (nSPS) is 22.2. The highest BCUT2D eigenvalue weighted by molar-refractivity contribution is 7.10. The van der Waals surface area contributed by atoms with Crippen LogP contribution in [-0.2, 0) is 11.2 Å². The minimum Gasteiger partial charge on any atom is -0.383 e. The molecule has 1 aliphatic heterocycles. The number of nitrogens with one attached hydrogen (secondary N) is 1. The molecular formula is C9H13NOS. The van der Waals surface area contributed by atoms with E-state index in [1.54, 1.807) is 7.11 Å². The predicted molar refractivity (Wildman–Crippen MR) is 50.6 cm³/mol. The molecule has 2 rings (SSSR count). The minimum absolute atomic E-state index is 0.429. The Bertz CT molecular complexity index is 259. The lowest BCUT2D eigenvalue weighted by molar-refractivity contribution is 0.166.